The summed E-state index contributed by atoms with van der Waals surface area (Å²) in [5.41, 5.74) is 3.90. The van der Waals surface area contributed by atoms with Gasteiger partial charge in [-0.05, 0) is 51.8 Å². The lowest BCUT2D eigenvalue weighted by Gasteiger charge is -2.24. The van der Waals surface area contributed by atoms with Gasteiger partial charge in [0, 0.05) is 17.1 Å². The summed E-state index contributed by atoms with van der Waals surface area (Å²) in [6.07, 6.45) is 0.456. The van der Waals surface area contributed by atoms with Gasteiger partial charge in [-0.15, -0.1) is 0 Å². The van der Waals surface area contributed by atoms with Crippen molar-refractivity contribution in [2.45, 2.75) is 39.7 Å². The average Bonchev–Trinajstić information content (AvgIpc) is 2.96. The van der Waals surface area contributed by atoms with Gasteiger partial charge in [0.1, 0.15) is 0 Å². The molecule has 1 amide bonds. The minimum atomic E-state index is -3.06. The van der Waals surface area contributed by atoms with Crippen molar-refractivity contribution in [1.29, 1.82) is 0 Å². The number of sulfone groups is 1. The van der Waals surface area contributed by atoms with E-state index in [1.54, 1.807) is 6.92 Å². The lowest BCUT2D eigenvalue weighted by atomic mass is 10.0. The molecule has 1 aliphatic heterocycles. The average molecular weight is 360 g/mol. The van der Waals surface area contributed by atoms with Gasteiger partial charge in [0.25, 0.3) is 5.91 Å². The van der Waals surface area contributed by atoms with Crippen LogP contribution in [0, 0.1) is 20.8 Å². The van der Waals surface area contributed by atoms with Crippen molar-refractivity contribution in [3.8, 4) is 5.69 Å². The number of nitrogens with one attached hydrogen (secondary N) is 1. The summed E-state index contributed by atoms with van der Waals surface area (Å²) in [4.78, 5) is 12.8. The second-order valence-corrected chi connectivity index (χ2v) is 9.45. The first-order chi connectivity index (χ1) is 11.6. The first-order valence-corrected chi connectivity index (χ1v) is 10.2. The van der Waals surface area contributed by atoms with Crippen LogP contribution < -0.4 is 5.32 Å². The van der Waals surface area contributed by atoms with Crippen LogP contribution in [0.3, 0.4) is 0 Å². The zero-order valence-electron chi connectivity index (χ0n) is 15.1. The molecule has 0 spiro atoms. The number of para-hydroxylation sites is 1. The molecule has 2 heterocycles. The van der Waals surface area contributed by atoms with Crippen molar-refractivity contribution >= 4 is 15.7 Å². The van der Waals surface area contributed by atoms with Gasteiger partial charge < -0.3 is 9.88 Å². The van der Waals surface area contributed by atoms with Crippen LogP contribution in [-0.2, 0) is 9.84 Å². The highest BCUT2D eigenvalue weighted by molar-refractivity contribution is 7.91. The van der Waals surface area contributed by atoms with Crippen LogP contribution in [0.1, 0.15) is 40.7 Å². The zero-order valence-corrected chi connectivity index (χ0v) is 15.9. The Kier molecular flexibility index (Phi) is 4.27. The van der Waals surface area contributed by atoms with Crippen LogP contribution in [0.15, 0.2) is 30.3 Å². The number of nitrogens with zero attached hydrogens (tertiary/aromatic N) is 1. The summed E-state index contributed by atoms with van der Waals surface area (Å²) in [6, 6.07) is 9.90. The topological polar surface area (TPSA) is 68.2 Å². The Labute approximate surface area is 149 Å². The minimum Gasteiger partial charge on any atom is -0.346 e. The van der Waals surface area contributed by atoms with Crippen LogP contribution in [0.5, 0.6) is 0 Å². The Morgan fingerprint density at radius 3 is 2.48 bits per heavy atom. The number of benzene rings is 1. The van der Waals surface area contributed by atoms with E-state index in [0.717, 1.165) is 22.6 Å². The van der Waals surface area contributed by atoms with Crippen LogP contribution in [0.25, 0.3) is 5.69 Å². The Bertz CT molecular complexity index is 944. The maximum Gasteiger partial charge on any atom is 0.253 e. The highest BCUT2D eigenvalue weighted by Gasteiger charge is 2.40. The Balaban J connectivity index is 1.93. The van der Waals surface area contributed by atoms with E-state index in [0.29, 0.717) is 12.0 Å². The predicted octanol–water partition coefficient (Wildman–Crippen LogP) is 2.71. The van der Waals surface area contributed by atoms with Gasteiger partial charge in [-0.25, -0.2) is 8.42 Å². The smallest absolute Gasteiger partial charge is 0.253 e. The van der Waals surface area contributed by atoms with Crippen molar-refractivity contribution in [3.63, 3.8) is 0 Å². The van der Waals surface area contributed by atoms with E-state index in [9.17, 15) is 13.2 Å². The number of hydrogen-bond acceptors (Lipinski definition) is 3. The van der Waals surface area contributed by atoms with E-state index in [-0.39, 0.29) is 17.4 Å². The molecular weight excluding hydrogens is 336 g/mol. The van der Waals surface area contributed by atoms with Gasteiger partial charge in [0.05, 0.1) is 22.6 Å². The van der Waals surface area contributed by atoms with Crippen LogP contribution >= 0.6 is 0 Å². The van der Waals surface area contributed by atoms with Crippen LogP contribution in [-0.4, -0.2) is 35.9 Å². The van der Waals surface area contributed by atoms with E-state index in [1.807, 2.05) is 51.1 Å². The summed E-state index contributed by atoms with van der Waals surface area (Å²) < 4.78 is 25.6. The molecule has 134 valence electrons. The maximum absolute atomic E-state index is 12.8. The molecule has 0 bridgehead atoms. The molecule has 1 aliphatic rings. The fraction of sp³-hybridized carbons (Fsp3) is 0.421. The second-order valence-electron chi connectivity index (χ2n) is 7.26. The number of hydrogen-bond donors (Lipinski definition) is 1. The summed E-state index contributed by atoms with van der Waals surface area (Å²) in [5, 5.41) is 2.94. The lowest BCUT2D eigenvalue weighted by molar-refractivity contribution is 0.0915. The van der Waals surface area contributed by atoms with E-state index >= 15 is 0 Å². The maximum atomic E-state index is 12.8. The number of amides is 1. The molecule has 1 N–H and O–H groups in total. The largest absolute Gasteiger partial charge is 0.346 e. The summed E-state index contributed by atoms with van der Waals surface area (Å²) in [5.74, 6) is -0.0820. The fourth-order valence-corrected chi connectivity index (χ4v) is 5.72. The highest BCUT2D eigenvalue weighted by Crippen LogP contribution is 2.26. The van der Waals surface area contributed by atoms with Crippen molar-refractivity contribution in [1.82, 2.24) is 9.88 Å². The third kappa shape index (κ3) is 3.35. The van der Waals surface area contributed by atoms with Crippen molar-refractivity contribution < 1.29 is 13.2 Å². The molecule has 1 fully saturated rings. The standard InChI is InChI=1S/C19H24N2O3S/c1-13-7-5-6-8-17(13)21-14(2)11-16(15(21)3)18(22)20-19(4)9-10-25(23,24)12-19/h5-8,11H,9-10,12H2,1-4H3,(H,20,22). The molecule has 2 aromatic rings. The Hall–Kier alpha value is -2.08. The molecule has 1 aromatic heterocycles. The van der Waals surface area contributed by atoms with Gasteiger partial charge in [0.15, 0.2) is 9.84 Å². The second kappa shape index (κ2) is 6.02. The summed E-state index contributed by atoms with van der Waals surface area (Å²) in [7, 11) is -3.06. The monoisotopic (exact) mass is 360 g/mol. The molecule has 0 saturated carbocycles. The summed E-state index contributed by atoms with van der Waals surface area (Å²) in [6.45, 7) is 7.73. The van der Waals surface area contributed by atoms with E-state index in [2.05, 4.69) is 9.88 Å². The van der Waals surface area contributed by atoms with E-state index < -0.39 is 15.4 Å². The molecule has 3 rings (SSSR count). The Morgan fingerprint density at radius 1 is 1.20 bits per heavy atom. The molecule has 0 radical (unpaired) electrons. The van der Waals surface area contributed by atoms with E-state index in [4.69, 9.17) is 0 Å². The van der Waals surface area contributed by atoms with Crippen LogP contribution in [0.2, 0.25) is 0 Å². The van der Waals surface area contributed by atoms with Crippen molar-refractivity contribution in [2.24, 2.45) is 0 Å². The molecule has 25 heavy (non-hydrogen) atoms. The van der Waals surface area contributed by atoms with Crippen LogP contribution in [0.4, 0.5) is 0 Å². The quantitative estimate of drug-likeness (QED) is 0.915. The minimum absolute atomic E-state index is 0.00225. The number of rotatable bonds is 3. The van der Waals surface area contributed by atoms with E-state index in [1.165, 1.54) is 0 Å². The predicted molar refractivity (Wildman–Crippen MR) is 99.1 cm³/mol. The third-order valence-electron chi connectivity index (χ3n) is 4.95. The molecule has 1 aromatic carbocycles. The molecule has 1 unspecified atom stereocenters. The number of carbonyl (C=O) groups is 1. The SMILES string of the molecule is Cc1ccccc1-n1c(C)cc(C(=O)NC2(C)CCS(=O)(=O)C2)c1C. The third-order valence-corrected chi connectivity index (χ3v) is 6.85. The number of aromatic nitrogens is 1. The molecule has 6 heteroatoms. The Morgan fingerprint density at radius 2 is 1.88 bits per heavy atom. The first-order valence-electron chi connectivity index (χ1n) is 8.40. The van der Waals surface area contributed by atoms with Gasteiger partial charge in [0.2, 0.25) is 0 Å². The van der Waals surface area contributed by atoms with Gasteiger partial charge in [-0.1, -0.05) is 18.2 Å². The highest BCUT2D eigenvalue weighted by atomic mass is 32.2. The van der Waals surface area contributed by atoms with Crippen molar-refractivity contribution in [3.05, 3.63) is 52.8 Å². The van der Waals surface area contributed by atoms with Gasteiger partial charge in [-0.3, -0.25) is 4.79 Å². The normalized spacial score (nSPS) is 22.1. The van der Waals surface area contributed by atoms with Crippen molar-refractivity contribution in [2.75, 3.05) is 11.5 Å². The molecule has 0 aliphatic carbocycles. The number of aryl methyl sites for hydroxylation is 2. The number of carbonyl (C=O) groups excluding carboxylic acids is 1. The first kappa shape index (κ1) is 17.7. The molecular formula is C19H24N2O3S. The molecule has 1 saturated heterocycles. The molecule has 1 atom stereocenters. The van der Waals surface area contributed by atoms with Gasteiger partial charge >= 0.3 is 0 Å². The summed E-state index contributed by atoms with van der Waals surface area (Å²) >= 11 is 0. The van der Waals surface area contributed by atoms with Gasteiger partial charge in [-0.2, -0.15) is 0 Å². The molecule has 5 nitrogen and oxygen atoms in total. The lowest BCUT2D eigenvalue weighted by Crippen LogP contribution is -2.47. The fourth-order valence-electron chi connectivity index (χ4n) is 3.63. The zero-order chi connectivity index (χ0) is 18.4.